The zero-order valence-corrected chi connectivity index (χ0v) is 16.8. The highest BCUT2D eigenvalue weighted by Crippen LogP contribution is 2.37. The Bertz CT molecular complexity index is 770. The minimum absolute atomic E-state index is 0.00818. The molecule has 138 valence electrons. The Labute approximate surface area is 164 Å². The number of thiocarbonyl (C=S) groups is 1. The first-order valence-electron chi connectivity index (χ1n) is 8.89. The molecule has 0 aromatic heterocycles. The second-order valence-electron chi connectivity index (χ2n) is 6.28. The van der Waals surface area contributed by atoms with Crippen LogP contribution in [0.4, 0.5) is 0 Å². The number of hydrogen-bond donors (Lipinski definition) is 0. The van der Waals surface area contributed by atoms with Gasteiger partial charge in [0.1, 0.15) is 10.9 Å². The topological polar surface area (TPSA) is 38.8 Å². The van der Waals surface area contributed by atoms with E-state index in [4.69, 9.17) is 21.7 Å². The van der Waals surface area contributed by atoms with Crippen molar-refractivity contribution in [3.05, 3.63) is 40.3 Å². The fourth-order valence-corrected chi connectivity index (χ4v) is 4.32. The number of rotatable bonds is 7. The molecule has 0 aliphatic carbocycles. The number of ether oxygens (including phenoxy) is 2. The maximum Gasteiger partial charge on any atom is 0.266 e. The van der Waals surface area contributed by atoms with E-state index in [2.05, 4.69) is 6.92 Å². The van der Waals surface area contributed by atoms with Crippen LogP contribution in [0.5, 0.6) is 11.5 Å². The van der Waals surface area contributed by atoms with Crippen molar-refractivity contribution in [1.29, 1.82) is 0 Å². The van der Waals surface area contributed by atoms with Gasteiger partial charge in [0.15, 0.2) is 11.5 Å². The van der Waals surface area contributed by atoms with Crippen LogP contribution in [0.2, 0.25) is 0 Å². The summed E-state index contributed by atoms with van der Waals surface area (Å²) in [5.74, 6) is 1.47. The van der Waals surface area contributed by atoms with Gasteiger partial charge in [0, 0.05) is 12.1 Å². The van der Waals surface area contributed by atoms with Gasteiger partial charge >= 0.3 is 0 Å². The molecule has 26 heavy (non-hydrogen) atoms. The van der Waals surface area contributed by atoms with Crippen LogP contribution < -0.4 is 9.47 Å². The lowest BCUT2D eigenvalue weighted by Gasteiger charge is -2.18. The third kappa shape index (κ3) is 4.13. The Hall–Kier alpha value is -1.79. The van der Waals surface area contributed by atoms with Gasteiger partial charge in [0.2, 0.25) is 0 Å². The van der Waals surface area contributed by atoms with Gasteiger partial charge in [-0.05, 0) is 30.2 Å². The molecule has 0 unspecified atom stereocenters. The number of amides is 1. The predicted molar refractivity (Wildman–Crippen MR) is 111 cm³/mol. The normalized spacial score (nSPS) is 18.0. The van der Waals surface area contributed by atoms with Gasteiger partial charge in [-0.3, -0.25) is 9.69 Å². The molecular weight excluding hydrogens is 366 g/mol. The number of nitrogens with zero attached hydrogens (tertiary/aromatic N) is 1. The van der Waals surface area contributed by atoms with Gasteiger partial charge in [-0.25, -0.2) is 0 Å². The largest absolute Gasteiger partial charge is 0.493 e. The van der Waals surface area contributed by atoms with E-state index in [1.165, 1.54) is 24.6 Å². The first-order chi connectivity index (χ1) is 12.6. The van der Waals surface area contributed by atoms with E-state index >= 15 is 0 Å². The summed E-state index contributed by atoms with van der Waals surface area (Å²) >= 11 is 6.77. The van der Waals surface area contributed by atoms with Crippen molar-refractivity contribution in [3.8, 4) is 11.5 Å². The van der Waals surface area contributed by atoms with Gasteiger partial charge in [-0.15, -0.1) is 0 Å². The van der Waals surface area contributed by atoms with E-state index in [1.807, 2.05) is 30.4 Å². The highest BCUT2D eigenvalue weighted by atomic mass is 32.2. The third-order valence-electron chi connectivity index (χ3n) is 4.38. The molecular formula is C20H23NO3S2. The zero-order chi connectivity index (χ0) is 18.5. The molecule has 1 aromatic rings. The minimum Gasteiger partial charge on any atom is -0.493 e. The lowest BCUT2D eigenvalue weighted by Crippen LogP contribution is -2.29. The maximum absolute atomic E-state index is 12.7. The molecule has 1 amide bonds. The van der Waals surface area contributed by atoms with Gasteiger partial charge in [0.05, 0.1) is 12.0 Å². The Morgan fingerprint density at radius 2 is 2.19 bits per heavy atom. The number of carbonyl (C=O) groups is 1. The average molecular weight is 390 g/mol. The van der Waals surface area contributed by atoms with Gasteiger partial charge in [-0.2, -0.15) is 0 Å². The minimum atomic E-state index is 0.00818. The smallest absolute Gasteiger partial charge is 0.266 e. The molecule has 1 fully saturated rings. The molecule has 2 aliphatic rings. The van der Waals surface area contributed by atoms with Crippen LogP contribution in [0.25, 0.3) is 6.08 Å². The number of fused-ring (bicyclic) bond motifs is 1. The van der Waals surface area contributed by atoms with Crippen molar-refractivity contribution in [3.63, 3.8) is 0 Å². The molecule has 6 heteroatoms. The van der Waals surface area contributed by atoms with Crippen LogP contribution in [0.1, 0.15) is 38.2 Å². The summed E-state index contributed by atoms with van der Waals surface area (Å²) in [5, 5.41) is 0. The summed E-state index contributed by atoms with van der Waals surface area (Å²) in [6.45, 7) is 3.29. The monoisotopic (exact) mass is 389 g/mol. The first-order valence-corrected chi connectivity index (χ1v) is 10.1. The Morgan fingerprint density at radius 3 is 2.96 bits per heavy atom. The van der Waals surface area contributed by atoms with Crippen molar-refractivity contribution in [2.45, 2.75) is 32.6 Å². The van der Waals surface area contributed by atoms with Crippen LogP contribution in [0, 0.1) is 0 Å². The number of para-hydroxylation sites is 1. The summed E-state index contributed by atoms with van der Waals surface area (Å²) in [7, 11) is 1.63. The Morgan fingerprint density at radius 1 is 1.35 bits per heavy atom. The number of methoxy groups -OCH3 is 1. The van der Waals surface area contributed by atoms with Crippen molar-refractivity contribution in [2.75, 3.05) is 20.3 Å². The molecule has 1 saturated heterocycles. The molecule has 0 spiro atoms. The van der Waals surface area contributed by atoms with Crippen LogP contribution in [-0.4, -0.2) is 35.4 Å². The number of thioether (sulfide) groups is 1. The first kappa shape index (κ1) is 19.0. The number of benzene rings is 1. The number of hydrogen-bond acceptors (Lipinski definition) is 5. The summed E-state index contributed by atoms with van der Waals surface area (Å²) in [6, 6.07) is 5.78. The van der Waals surface area contributed by atoms with Crippen molar-refractivity contribution in [1.82, 2.24) is 4.90 Å². The molecule has 0 atom stereocenters. The summed E-state index contributed by atoms with van der Waals surface area (Å²) < 4.78 is 11.8. The van der Waals surface area contributed by atoms with Crippen molar-refractivity contribution < 1.29 is 14.3 Å². The van der Waals surface area contributed by atoms with E-state index in [1.54, 1.807) is 12.0 Å². The summed E-state index contributed by atoms with van der Waals surface area (Å²) in [4.78, 5) is 15.1. The lowest BCUT2D eigenvalue weighted by atomic mass is 10.1. The maximum atomic E-state index is 12.7. The number of unbranched alkanes of at least 4 members (excludes halogenated alkanes) is 3. The second-order valence-corrected chi connectivity index (χ2v) is 7.96. The van der Waals surface area contributed by atoms with E-state index in [9.17, 15) is 4.79 Å². The Kier molecular flexibility index (Phi) is 6.38. The molecule has 0 saturated carbocycles. The van der Waals surface area contributed by atoms with Crippen LogP contribution in [-0.2, 0) is 4.79 Å². The van der Waals surface area contributed by atoms with Crippen LogP contribution in [0.15, 0.2) is 34.8 Å². The van der Waals surface area contributed by atoms with Gasteiger partial charge in [0.25, 0.3) is 5.91 Å². The fourth-order valence-electron chi connectivity index (χ4n) is 3.00. The van der Waals surface area contributed by atoms with Crippen molar-refractivity contribution >= 4 is 40.3 Å². The average Bonchev–Trinajstić information content (AvgIpc) is 2.91. The summed E-state index contributed by atoms with van der Waals surface area (Å²) in [5.41, 5.74) is 1.91. The van der Waals surface area contributed by atoms with Gasteiger partial charge < -0.3 is 9.47 Å². The second kappa shape index (κ2) is 8.73. The van der Waals surface area contributed by atoms with Crippen molar-refractivity contribution in [2.24, 2.45) is 0 Å². The fraction of sp³-hybridized carbons (Fsp3) is 0.400. The zero-order valence-electron chi connectivity index (χ0n) is 15.1. The molecule has 0 bridgehead atoms. The van der Waals surface area contributed by atoms with E-state index in [-0.39, 0.29) is 5.91 Å². The molecule has 4 nitrogen and oxygen atoms in total. The van der Waals surface area contributed by atoms with Crippen LogP contribution in [0.3, 0.4) is 0 Å². The molecule has 2 heterocycles. The molecule has 0 N–H and O–H groups in total. The third-order valence-corrected chi connectivity index (χ3v) is 5.76. The highest BCUT2D eigenvalue weighted by Gasteiger charge is 2.31. The molecule has 2 aliphatic heterocycles. The highest BCUT2D eigenvalue weighted by molar-refractivity contribution is 8.26. The standard InChI is InChI=1S/C20H23NO3S2/c1-3-4-5-6-10-21-19(22)17(26-20(21)25)12-14-11-15-8-7-9-16(23-2)18(15)24-13-14/h7-9,11-12H,3-6,10,13H2,1-2H3. The SMILES string of the molecule is CCCCCCN1C(=O)C(=CC2=Cc3cccc(OC)c3OC2)SC1=S. The van der Waals surface area contributed by atoms with Gasteiger partial charge in [-0.1, -0.05) is 62.3 Å². The molecule has 3 rings (SSSR count). The van der Waals surface area contributed by atoms with E-state index in [0.29, 0.717) is 22.4 Å². The quantitative estimate of drug-likeness (QED) is 0.381. The van der Waals surface area contributed by atoms with Crippen LogP contribution >= 0.6 is 24.0 Å². The summed E-state index contributed by atoms with van der Waals surface area (Å²) in [6.07, 6.45) is 8.43. The predicted octanol–water partition coefficient (Wildman–Crippen LogP) is 4.80. The molecule has 0 radical (unpaired) electrons. The number of carbonyl (C=O) groups excluding carboxylic acids is 1. The lowest BCUT2D eigenvalue weighted by molar-refractivity contribution is -0.122. The van der Waals surface area contributed by atoms with E-state index < -0.39 is 0 Å². The Balaban J connectivity index is 1.73. The molecule has 1 aromatic carbocycles. The van der Waals surface area contributed by atoms with E-state index in [0.717, 1.165) is 35.5 Å².